The zero-order valence-electron chi connectivity index (χ0n) is 9.32. The molecule has 0 spiro atoms. The fraction of sp³-hybridized carbons (Fsp3) is 0.583. The Hall–Kier alpha value is -0.930. The van der Waals surface area contributed by atoms with Crippen LogP contribution in [0, 0.1) is 6.92 Å². The van der Waals surface area contributed by atoms with Crippen LogP contribution in [0.1, 0.15) is 24.1 Å². The van der Waals surface area contributed by atoms with Crippen molar-refractivity contribution in [3.05, 3.63) is 29.6 Å². The number of hydrogen-bond donors (Lipinski definition) is 1. The molecule has 1 unspecified atom stereocenters. The molecule has 0 saturated carbocycles. The van der Waals surface area contributed by atoms with Gasteiger partial charge in [0.15, 0.2) is 0 Å². The summed E-state index contributed by atoms with van der Waals surface area (Å²) in [7, 11) is 0. The number of aromatic nitrogens is 1. The topological polar surface area (TPSA) is 42.1 Å². The number of nitrogens with zero attached hydrogens (tertiary/aromatic N) is 2. The minimum absolute atomic E-state index is 0.563. The lowest BCUT2D eigenvalue weighted by Crippen LogP contribution is -2.35. The van der Waals surface area contributed by atoms with Gasteiger partial charge in [0.2, 0.25) is 0 Å². The van der Waals surface area contributed by atoms with E-state index in [-0.39, 0.29) is 0 Å². The van der Waals surface area contributed by atoms with Gasteiger partial charge in [-0.25, -0.2) is 0 Å². The zero-order chi connectivity index (χ0) is 10.7. The monoisotopic (exact) mass is 205 g/mol. The lowest BCUT2D eigenvalue weighted by Gasteiger charge is -2.22. The van der Waals surface area contributed by atoms with Crippen LogP contribution < -0.4 is 5.73 Å². The summed E-state index contributed by atoms with van der Waals surface area (Å²) in [6, 6.07) is 4.80. The highest BCUT2D eigenvalue weighted by molar-refractivity contribution is 5.12. The Morgan fingerprint density at radius 3 is 3.07 bits per heavy atom. The normalized spacial score (nSPS) is 22.1. The first-order chi connectivity index (χ1) is 7.29. The smallest absolute Gasteiger partial charge is 0.0544 e. The Kier molecular flexibility index (Phi) is 3.34. The molecule has 1 fully saturated rings. The molecule has 0 radical (unpaired) electrons. The minimum Gasteiger partial charge on any atom is -0.329 e. The standard InChI is InChI=1S/C12H19N3/c1-10-4-5-11(14-8-10)9-15-6-2-3-12(15)7-13/h4-5,8,12H,2-3,6-7,9,13H2,1H3. The van der Waals surface area contributed by atoms with E-state index in [1.807, 2.05) is 6.20 Å². The Balaban J connectivity index is 1.99. The molecule has 1 aromatic rings. The van der Waals surface area contributed by atoms with Gasteiger partial charge in [-0.1, -0.05) is 6.07 Å². The fourth-order valence-electron chi connectivity index (χ4n) is 2.17. The van der Waals surface area contributed by atoms with Gasteiger partial charge in [0, 0.05) is 25.3 Å². The number of aryl methyl sites for hydroxylation is 1. The molecule has 1 aliphatic rings. The van der Waals surface area contributed by atoms with Crippen LogP contribution in [0.25, 0.3) is 0 Å². The van der Waals surface area contributed by atoms with Crippen molar-refractivity contribution in [2.24, 2.45) is 5.73 Å². The summed E-state index contributed by atoms with van der Waals surface area (Å²) >= 11 is 0. The molecule has 1 saturated heterocycles. The summed E-state index contributed by atoms with van der Waals surface area (Å²) in [5.74, 6) is 0. The van der Waals surface area contributed by atoms with Crippen molar-refractivity contribution < 1.29 is 0 Å². The van der Waals surface area contributed by atoms with Crippen molar-refractivity contribution >= 4 is 0 Å². The van der Waals surface area contributed by atoms with E-state index in [4.69, 9.17) is 5.73 Å². The minimum atomic E-state index is 0.563. The van der Waals surface area contributed by atoms with Crippen LogP contribution in [-0.4, -0.2) is 29.0 Å². The van der Waals surface area contributed by atoms with Gasteiger partial charge in [0.05, 0.1) is 5.69 Å². The van der Waals surface area contributed by atoms with E-state index in [0.717, 1.165) is 25.3 Å². The molecule has 1 aliphatic heterocycles. The lowest BCUT2D eigenvalue weighted by atomic mass is 10.2. The number of hydrogen-bond acceptors (Lipinski definition) is 3. The van der Waals surface area contributed by atoms with Gasteiger partial charge in [0.25, 0.3) is 0 Å². The van der Waals surface area contributed by atoms with E-state index in [0.29, 0.717) is 6.04 Å². The molecule has 2 rings (SSSR count). The quantitative estimate of drug-likeness (QED) is 0.809. The molecule has 0 bridgehead atoms. The molecule has 0 amide bonds. The maximum atomic E-state index is 5.74. The second-order valence-electron chi connectivity index (χ2n) is 4.33. The molecule has 0 aliphatic carbocycles. The van der Waals surface area contributed by atoms with Gasteiger partial charge in [-0.15, -0.1) is 0 Å². The van der Waals surface area contributed by atoms with Crippen LogP contribution in [0.4, 0.5) is 0 Å². The van der Waals surface area contributed by atoms with E-state index in [1.54, 1.807) is 0 Å². The van der Waals surface area contributed by atoms with Crippen molar-refractivity contribution in [2.75, 3.05) is 13.1 Å². The molecule has 2 N–H and O–H groups in total. The first-order valence-electron chi connectivity index (χ1n) is 5.65. The zero-order valence-corrected chi connectivity index (χ0v) is 9.32. The summed E-state index contributed by atoms with van der Waals surface area (Å²) in [6.07, 6.45) is 4.44. The van der Waals surface area contributed by atoms with Crippen LogP contribution in [-0.2, 0) is 6.54 Å². The van der Waals surface area contributed by atoms with Crippen molar-refractivity contribution in [3.63, 3.8) is 0 Å². The van der Waals surface area contributed by atoms with Crippen molar-refractivity contribution in [3.8, 4) is 0 Å². The first kappa shape index (κ1) is 10.6. The number of rotatable bonds is 3. The second-order valence-corrected chi connectivity index (χ2v) is 4.33. The summed E-state index contributed by atoms with van der Waals surface area (Å²) in [6.45, 7) is 4.95. The lowest BCUT2D eigenvalue weighted by molar-refractivity contribution is 0.247. The molecule has 3 heteroatoms. The predicted molar refractivity (Wildman–Crippen MR) is 61.5 cm³/mol. The third kappa shape index (κ3) is 2.55. The third-order valence-corrected chi connectivity index (χ3v) is 3.11. The average Bonchev–Trinajstić information content (AvgIpc) is 2.69. The van der Waals surface area contributed by atoms with E-state index in [9.17, 15) is 0 Å². The SMILES string of the molecule is Cc1ccc(CN2CCCC2CN)nc1. The van der Waals surface area contributed by atoms with E-state index in [1.165, 1.54) is 18.4 Å². The van der Waals surface area contributed by atoms with E-state index >= 15 is 0 Å². The van der Waals surface area contributed by atoms with Gasteiger partial charge in [0.1, 0.15) is 0 Å². The molecular formula is C12H19N3. The van der Waals surface area contributed by atoms with E-state index in [2.05, 4.69) is 28.9 Å². The maximum Gasteiger partial charge on any atom is 0.0544 e. The highest BCUT2D eigenvalue weighted by Crippen LogP contribution is 2.18. The maximum absolute atomic E-state index is 5.74. The van der Waals surface area contributed by atoms with Crippen LogP contribution >= 0.6 is 0 Å². The van der Waals surface area contributed by atoms with Gasteiger partial charge in [-0.3, -0.25) is 9.88 Å². The number of likely N-dealkylation sites (tertiary alicyclic amines) is 1. The van der Waals surface area contributed by atoms with Gasteiger partial charge in [-0.05, 0) is 37.9 Å². The molecule has 1 aromatic heterocycles. The van der Waals surface area contributed by atoms with Crippen LogP contribution in [0.2, 0.25) is 0 Å². The van der Waals surface area contributed by atoms with Crippen molar-refractivity contribution in [1.82, 2.24) is 9.88 Å². The Morgan fingerprint density at radius 2 is 2.40 bits per heavy atom. The third-order valence-electron chi connectivity index (χ3n) is 3.11. The molecular weight excluding hydrogens is 186 g/mol. The van der Waals surface area contributed by atoms with E-state index < -0.39 is 0 Å². The Morgan fingerprint density at radius 1 is 1.53 bits per heavy atom. The largest absolute Gasteiger partial charge is 0.329 e. The number of pyridine rings is 1. The summed E-state index contributed by atoms with van der Waals surface area (Å²) < 4.78 is 0. The molecule has 82 valence electrons. The van der Waals surface area contributed by atoms with Gasteiger partial charge in [-0.2, -0.15) is 0 Å². The van der Waals surface area contributed by atoms with Crippen LogP contribution in [0.5, 0.6) is 0 Å². The number of nitrogens with two attached hydrogens (primary N) is 1. The summed E-state index contributed by atoms with van der Waals surface area (Å²) in [4.78, 5) is 6.87. The van der Waals surface area contributed by atoms with Crippen molar-refractivity contribution in [1.29, 1.82) is 0 Å². The molecule has 15 heavy (non-hydrogen) atoms. The highest BCUT2D eigenvalue weighted by atomic mass is 15.2. The predicted octanol–water partition coefficient (Wildman–Crippen LogP) is 1.31. The van der Waals surface area contributed by atoms with Gasteiger partial charge < -0.3 is 5.73 Å². The Bertz CT molecular complexity index is 307. The highest BCUT2D eigenvalue weighted by Gasteiger charge is 2.22. The first-order valence-corrected chi connectivity index (χ1v) is 5.65. The second kappa shape index (κ2) is 4.73. The molecule has 0 aromatic carbocycles. The summed E-state index contributed by atoms with van der Waals surface area (Å²) in [5, 5.41) is 0. The van der Waals surface area contributed by atoms with Crippen molar-refractivity contribution in [2.45, 2.75) is 32.4 Å². The fourth-order valence-corrected chi connectivity index (χ4v) is 2.17. The van der Waals surface area contributed by atoms with Gasteiger partial charge >= 0.3 is 0 Å². The van der Waals surface area contributed by atoms with Crippen LogP contribution in [0.15, 0.2) is 18.3 Å². The molecule has 1 atom stereocenters. The molecule has 3 nitrogen and oxygen atoms in total. The van der Waals surface area contributed by atoms with Crippen LogP contribution in [0.3, 0.4) is 0 Å². The summed E-state index contributed by atoms with van der Waals surface area (Å²) in [5.41, 5.74) is 8.11. The average molecular weight is 205 g/mol. The Labute approximate surface area is 91.3 Å². The molecule has 2 heterocycles.